The van der Waals surface area contributed by atoms with E-state index in [4.69, 9.17) is 5.84 Å². The second kappa shape index (κ2) is 7.55. The SMILES string of the molecule is CCC(CSC)N(C)c1ncnc(NN)c1C(C)C. The van der Waals surface area contributed by atoms with E-state index in [-0.39, 0.29) is 0 Å². The highest BCUT2D eigenvalue weighted by Crippen LogP contribution is 2.31. The molecule has 0 bridgehead atoms. The molecule has 1 aromatic rings. The standard InChI is InChI=1S/C13H25N5S/c1-6-10(7-19-5)18(4)13-11(9(2)3)12(17-14)15-8-16-13/h8-10H,6-7,14H2,1-5H3,(H,15,16,17). The molecule has 1 atom stereocenters. The molecule has 108 valence electrons. The minimum atomic E-state index is 0.316. The zero-order chi connectivity index (χ0) is 14.4. The maximum atomic E-state index is 5.56. The summed E-state index contributed by atoms with van der Waals surface area (Å²) < 4.78 is 0. The van der Waals surface area contributed by atoms with Gasteiger partial charge in [-0.2, -0.15) is 11.8 Å². The highest BCUT2D eigenvalue weighted by Gasteiger charge is 2.21. The fourth-order valence-electron chi connectivity index (χ4n) is 2.18. The van der Waals surface area contributed by atoms with Crippen LogP contribution >= 0.6 is 11.8 Å². The Morgan fingerprint density at radius 2 is 2.11 bits per heavy atom. The molecule has 0 amide bonds. The van der Waals surface area contributed by atoms with E-state index >= 15 is 0 Å². The molecule has 0 aliphatic rings. The summed E-state index contributed by atoms with van der Waals surface area (Å²) in [6.07, 6.45) is 4.79. The third-order valence-corrected chi connectivity index (χ3v) is 4.01. The van der Waals surface area contributed by atoms with Crippen molar-refractivity contribution in [1.29, 1.82) is 0 Å². The Bertz CT molecular complexity index is 397. The Morgan fingerprint density at radius 1 is 1.42 bits per heavy atom. The van der Waals surface area contributed by atoms with E-state index in [0.29, 0.717) is 17.8 Å². The van der Waals surface area contributed by atoms with Gasteiger partial charge in [0.25, 0.3) is 0 Å². The molecule has 1 heterocycles. The second-order valence-corrected chi connectivity index (χ2v) is 5.80. The minimum absolute atomic E-state index is 0.316. The van der Waals surface area contributed by atoms with E-state index in [1.165, 1.54) is 0 Å². The van der Waals surface area contributed by atoms with Crippen molar-refractivity contribution in [3.63, 3.8) is 0 Å². The molecule has 19 heavy (non-hydrogen) atoms. The zero-order valence-corrected chi connectivity index (χ0v) is 13.3. The van der Waals surface area contributed by atoms with Crippen LogP contribution < -0.4 is 16.2 Å². The van der Waals surface area contributed by atoms with Crippen molar-refractivity contribution < 1.29 is 0 Å². The molecule has 0 saturated carbocycles. The lowest BCUT2D eigenvalue weighted by Gasteiger charge is -2.30. The van der Waals surface area contributed by atoms with Crippen molar-refractivity contribution in [2.45, 2.75) is 39.2 Å². The maximum Gasteiger partial charge on any atom is 0.148 e. The van der Waals surface area contributed by atoms with Crippen molar-refractivity contribution >= 4 is 23.4 Å². The van der Waals surface area contributed by atoms with Crippen LogP contribution in [0.15, 0.2) is 6.33 Å². The number of nitrogens with one attached hydrogen (secondary N) is 1. The van der Waals surface area contributed by atoms with Gasteiger partial charge in [-0.25, -0.2) is 15.8 Å². The summed E-state index contributed by atoms with van der Waals surface area (Å²) in [4.78, 5) is 10.9. The van der Waals surface area contributed by atoms with Gasteiger partial charge >= 0.3 is 0 Å². The lowest BCUT2D eigenvalue weighted by molar-refractivity contribution is 0.657. The number of anilines is 2. The van der Waals surface area contributed by atoms with Gasteiger partial charge in [-0.05, 0) is 18.6 Å². The summed E-state index contributed by atoms with van der Waals surface area (Å²) in [5.41, 5.74) is 3.75. The van der Waals surface area contributed by atoms with Crippen LogP contribution in [0.3, 0.4) is 0 Å². The molecule has 1 unspecified atom stereocenters. The van der Waals surface area contributed by atoms with Gasteiger partial charge in [0.1, 0.15) is 18.0 Å². The largest absolute Gasteiger partial charge is 0.355 e. The number of nitrogens with two attached hydrogens (primary N) is 1. The van der Waals surface area contributed by atoms with E-state index in [1.54, 1.807) is 6.33 Å². The van der Waals surface area contributed by atoms with E-state index in [2.05, 4.69) is 54.4 Å². The highest BCUT2D eigenvalue weighted by molar-refractivity contribution is 7.98. The van der Waals surface area contributed by atoms with Crippen LogP contribution in [0.1, 0.15) is 38.7 Å². The predicted molar refractivity (Wildman–Crippen MR) is 84.8 cm³/mol. The highest BCUT2D eigenvalue weighted by atomic mass is 32.2. The zero-order valence-electron chi connectivity index (χ0n) is 12.5. The molecule has 0 spiro atoms. The van der Waals surface area contributed by atoms with E-state index in [1.807, 2.05) is 11.8 Å². The molecule has 0 saturated heterocycles. The topological polar surface area (TPSA) is 67.1 Å². The Labute approximate surface area is 120 Å². The van der Waals surface area contributed by atoms with Gasteiger partial charge in [-0.3, -0.25) is 0 Å². The summed E-state index contributed by atoms with van der Waals surface area (Å²) in [5, 5.41) is 0. The van der Waals surface area contributed by atoms with Gasteiger partial charge in [0, 0.05) is 24.4 Å². The number of rotatable bonds is 7. The number of nitrogen functional groups attached to an aromatic ring is 1. The van der Waals surface area contributed by atoms with Gasteiger partial charge in [-0.15, -0.1) is 0 Å². The van der Waals surface area contributed by atoms with E-state index < -0.39 is 0 Å². The lowest BCUT2D eigenvalue weighted by Crippen LogP contribution is -2.35. The van der Waals surface area contributed by atoms with Crippen LogP contribution in [-0.4, -0.2) is 35.1 Å². The molecule has 0 aliphatic carbocycles. The predicted octanol–water partition coefficient (Wildman–Crippen LogP) is 2.46. The quantitative estimate of drug-likeness (QED) is 0.592. The average molecular weight is 283 g/mol. The summed E-state index contributed by atoms with van der Waals surface area (Å²) >= 11 is 1.86. The van der Waals surface area contributed by atoms with Crippen molar-refractivity contribution in [2.24, 2.45) is 5.84 Å². The van der Waals surface area contributed by atoms with Crippen molar-refractivity contribution in [3.8, 4) is 0 Å². The van der Waals surface area contributed by atoms with Crippen LogP contribution in [0, 0.1) is 0 Å². The van der Waals surface area contributed by atoms with Crippen LogP contribution in [-0.2, 0) is 0 Å². The lowest BCUT2D eigenvalue weighted by atomic mass is 10.0. The summed E-state index contributed by atoms with van der Waals surface area (Å²) in [5.74, 6) is 8.65. The van der Waals surface area contributed by atoms with Crippen LogP contribution in [0.4, 0.5) is 11.6 Å². The molecule has 0 aliphatic heterocycles. The minimum Gasteiger partial charge on any atom is -0.355 e. The average Bonchev–Trinajstić information content (AvgIpc) is 2.42. The van der Waals surface area contributed by atoms with Gasteiger partial charge in [0.2, 0.25) is 0 Å². The number of hydrogen-bond acceptors (Lipinski definition) is 6. The first-order valence-corrected chi connectivity index (χ1v) is 7.99. The first kappa shape index (κ1) is 16.0. The Balaban J connectivity index is 3.17. The number of hydrazine groups is 1. The van der Waals surface area contributed by atoms with Gasteiger partial charge < -0.3 is 10.3 Å². The fraction of sp³-hybridized carbons (Fsp3) is 0.692. The molecule has 5 nitrogen and oxygen atoms in total. The molecule has 1 rings (SSSR count). The van der Waals surface area contributed by atoms with Gasteiger partial charge in [0.15, 0.2) is 0 Å². The van der Waals surface area contributed by atoms with Gasteiger partial charge in [0.05, 0.1) is 0 Å². The molecule has 0 fully saturated rings. The van der Waals surface area contributed by atoms with E-state index in [9.17, 15) is 0 Å². The summed E-state index contributed by atoms with van der Waals surface area (Å²) in [7, 11) is 2.10. The Kier molecular flexibility index (Phi) is 6.37. The monoisotopic (exact) mass is 283 g/mol. The van der Waals surface area contributed by atoms with Crippen LogP contribution in [0.2, 0.25) is 0 Å². The van der Waals surface area contributed by atoms with Crippen LogP contribution in [0.5, 0.6) is 0 Å². The second-order valence-electron chi connectivity index (χ2n) is 4.89. The third-order valence-electron chi connectivity index (χ3n) is 3.29. The first-order valence-electron chi connectivity index (χ1n) is 6.60. The number of thioether (sulfide) groups is 1. The van der Waals surface area contributed by atoms with Crippen molar-refractivity contribution in [3.05, 3.63) is 11.9 Å². The molecule has 0 aromatic carbocycles. The number of aromatic nitrogens is 2. The molecule has 6 heteroatoms. The van der Waals surface area contributed by atoms with Crippen molar-refractivity contribution in [1.82, 2.24) is 9.97 Å². The van der Waals surface area contributed by atoms with Crippen LogP contribution in [0.25, 0.3) is 0 Å². The maximum absolute atomic E-state index is 5.56. The van der Waals surface area contributed by atoms with E-state index in [0.717, 1.165) is 23.6 Å². The molecule has 1 aromatic heterocycles. The third kappa shape index (κ3) is 3.73. The van der Waals surface area contributed by atoms with Crippen molar-refractivity contribution in [2.75, 3.05) is 29.4 Å². The fourth-order valence-corrected chi connectivity index (χ4v) is 3.03. The molecular weight excluding hydrogens is 258 g/mol. The smallest absolute Gasteiger partial charge is 0.148 e. The summed E-state index contributed by atoms with van der Waals surface area (Å²) in [6, 6.07) is 0.466. The number of hydrogen-bond donors (Lipinski definition) is 2. The Morgan fingerprint density at radius 3 is 2.58 bits per heavy atom. The molecular formula is C13H25N5S. The first-order chi connectivity index (χ1) is 9.06. The molecule has 3 N–H and O–H groups in total. The number of nitrogens with zero attached hydrogens (tertiary/aromatic N) is 3. The Hall–Kier alpha value is -1.01. The van der Waals surface area contributed by atoms with Gasteiger partial charge in [-0.1, -0.05) is 20.8 Å². The normalized spacial score (nSPS) is 12.6. The molecule has 0 radical (unpaired) electrons. The summed E-state index contributed by atoms with van der Waals surface area (Å²) in [6.45, 7) is 6.47.